The van der Waals surface area contributed by atoms with Crippen molar-refractivity contribution in [2.75, 3.05) is 0 Å². The van der Waals surface area contributed by atoms with Crippen molar-refractivity contribution in [3.63, 3.8) is 0 Å². The van der Waals surface area contributed by atoms with Gasteiger partial charge in [0.15, 0.2) is 0 Å². The first kappa shape index (κ1) is 25.4. The van der Waals surface area contributed by atoms with Gasteiger partial charge in [-0.3, -0.25) is 0 Å². The van der Waals surface area contributed by atoms with E-state index in [9.17, 15) is 9.90 Å². The van der Waals surface area contributed by atoms with Crippen molar-refractivity contribution in [1.29, 1.82) is 0 Å². The molecule has 1 unspecified atom stereocenters. The van der Waals surface area contributed by atoms with Gasteiger partial charge in [-0.15, -0.1) is 0 Å². The van der Waals surface area contributed by atoms with Crippen LogP contribution in [0.15, 0.2) is 61.1 Å². The maximum Gasteiger partial charge on any atom is 0.349 e. The summed E-state index contributed by atoms with van der Waals surface area (Å²) in [4.78, 5) is 12.4. The molecule has 1 aliphatic heterocycles. The van der Waals surface area contributed by atoms with E-state index in [1.54, 1.807) is 26.0 Å². The topological polar surface area (TPSA) is 55.8 Å². The summed E-state index contributed by atoms with van der Waals surface area (Å²) in [5, 5.41) is 10.2. The molecule has 0 spiro atoms. The predicted molar refractivity (Wildman–Crippen MR) is 138 cm³/mol. The van der Waals surface area contributed by atoms with Crippen LogP contribution in [0.2, 0.25) is 0 Å². The van der Waals surface area contributed by atoms with Gasteiger partial charge in [-0.2, -0.15) is 0 Å². The first-order valence-corrected chi connectivity index (χ1v) is 11.9. The molecule has 2 aliphatic rings. The van der Waals surface area contributed by atoms with Crippen molar-refractivity contribution in [3.05, 3.63) is 94.5 Å². The van der Waals surface area contributed by atoms with E-state index in [0.29, 0.717) is 11.5 Å². The van der Waals surface area contributed by atoms with Crippen LogP contribution in [0.5, 0.6) is 0 Å². The minimum Gasteiger partial charge on any atom is -0.480 e. The van der Waals surface area contributed by atoms with Crippen LogP contribution in [0, 0.1) is 6.92 Å². The van der Waals surface area contributed by atoms with Crippen LogP contribution in [-0.4, -0.2) is 16.9 Å². The van der Waals surface area contributed by atoms with Gasteiger partial charge in [0.1, 0.15) is 5.57 Å². The fourth-order valence-electron chi connectivity index (χ4n) is 4.46. The molecule has 180 valence electrons. The molecule has 0 aromatic heterocycles. The van der Waals surface area contributed by atoms with Crippen molar-refractivity contribution in [1.82, 2.24) is 0 Å². The number of allylic oxidation sites excluding steroid dienone is 2. The normalized spacial score (nSPS) is 19.9. The van der Waals surface area contributed by atoms with Crippen molar-refractivity contribution in [2.45, 2.75) is 72.5 Å². The van der Waals surface area contributed by atoms with Gasteiger partial charge in [-0.25, -0.2) is 4.79 Å². The summed E-state index contributed by atoms with van der Waals surface area (Å²) in [7, 11) is 0. The number of fused-ring (bicyclic) bond motifs is 1. The number of hydrogen-bond donors (Lipinski definition) is 1. The zero-order chi connectivity index (χ0) is 25.4. The molecule has 1 atom stereocenters. The predicted octanol–water partition coefficient (Wildman–Crippen LogP) is 7.57. The molecule has 0 fully saturated rings. The lowest BCUT2D eigenvalue weighted by Gasteiger charge is -2.32. The number of ether oxygens (including phenoxy) is 2. The Bertz CT molecular complexity index is 1180. The summed E-state index contributed by atoms with van der Waals surface area (Å²) in [6.07, 6.45) is 4.56. The van der Waals surface area contributed by atoms with E-state index in [-0.39, 0.29) is 11.0 Å². The van der Waals surface area contributed by atoms with Crippen molar-refractivity contribution < 1.29 is 19.4 Å². The smallest absolute Gasteiger partial charge is 0.349 e. The first-order chi connectivity index (χ1) is 15.9. The van der Waals surface area contributed by atoms with Crippen LogP contribution in [0.4, 0.5) is 0 Å². The molecular formula is C30H36O4. The Morgan fingerprint density at radius 1 is 1.03 bits per heavy atom. The Hall–Kier alpha value is -3.27. The molecule has 0 saturated carbocycles. The number of cyclic esters (lactones) is 1. The van der Waals surface area contributed by atoms with Gasteiger partial charge in [-0.1, -0.05) is 83.7 Å². The number of benzene rings is 2. The molecule has 1 aliphatic carbocycles. The van der Waals surface area contributed by atoms with Gasteiger partial charge in [0, 0.05) is 19.3 Å². The highest BCUT2D eigenvalue weighted by Crippen LogP contribution is 2.41. The lowest BCUT2D eigenvalue weighted by molar-refractivity contribution is -0.216. The highest BCUT2D eigenvalue weighted by Gasteiger charge is 2.37. The van der Waals surface area contributed by atoms with Crippen molar-refractivity contribution in [3.8, 4) is 0 Å². The Morgan fingerprint density at radius 2 is 1.65 bits per heavy atom. The summed E-state index contributed by atoms with van der Waals surface area (Å²) < 4.78 is 10.6. The van der Waals surface area contributed by atoms with Gasteiger partial charge in [0.2, 0.25) is 0 Å². The lowest BCUT2D eigenvalue weighted by atomic mass is 9.72. The minimum absolute atomic E-state index is 0.00901. The molecule has 4 rings (SSSR count). The molecule has 4 heteroatoms. The molecule has 2 aromatic carbocycles. The molecule has 0 radical (unpaired) electrons. The van der Waals surface area contributed by atoms with E-state index in [1.165, 1.54) is 16.7 Å². The summed E-state index contributed by atoms with van der Waals surface area (Å²) in [6.45, 7) is 20.3. The number of carbonyl (C=O) groups excluding carboxylic acids is 1. The summed E-state index contributed by atoms with van der Waals surface area (Å²) >= 11 is 0. The number of aliphatic hydroxyl groups excluding tert-OH is 1. The van der Waals surface area contributed by atoms with E-state index >= 15 is 0 Å². The molecule has 0 bridgehead atoms. The average molecular weight is 461 g/mol. The quantitative estimate of drug-likeness (QED) is 0.379. The number of esters is 1. The second-order valence-electron chi connectivity index (χ2n) is 9.75. The van der Waals surface area contributed by atoms with Gasteiger partial charge < -0.3 is 14.6 Å². The van der Waals surface area contributed by atoms with E-state index in [1.807, 2.05) is 26.0 Å². The Labute approximate surface area is 203 Å². The third-order valence-electron chi connectivity index (χ3n) is 6.33. The van der Waals surface area contributed by atoms with Gasteiger partial charge in [0.05, 0.1) is 0 Å². The summed E-state index contributed by atoms with van der Waals surface area (Å²) in [6, 6.07) is 11.9. The molecule has 34 heavy (non-hydrogen) atoms. The number of aryl methyl sites for hydroxylation is 1. The van der Waals surface area contributed by atoms with Crippen LogP contribution in [-0.2, 0) is 19.7 Å². The number of carbonyl (C=O) groups is 1. The molecule has 0 amide bonds. The van der Waals surface area contributed by atoms with Gasteiger partial charge in [0.25, 0.3) is 11.7 Å². The Kier molecular flexibility index (Phi) is 6.84. The Morgan fingerprint density at radius 3 is 2.24 bits per heavy atom. The zero-order valence-electron chi connectivity index (χ0n) is 21.6. The maximum atomic E-state index is 12.4. The average Bonchev–Trinajstić information content (AvgIpc) is 2.76. The second kappa shape index (κ2) is 9.17. The van der Waals surface area contributed by atoms with Crippen LogP contribution in [0.25, 0.3) is 11.1 Å². The van der Waals surface area contributed by atoms with Crippen LogP contribution in [0.3, 0.4) is 0 Å². The SMILES string of the molecule is C=C(c1ccc(C2=C(O)OC(C)(C)OC2=O)cc1)c1cc2c(cc1C)C(C)(C)C=CC2C.CC. The zero-order valence-corrected chi connectivity index (χ0v) is 21.6. The molecule has 2 aromatic rings. The van der Waals surface area contributed by atoms with Crippen LogP contribution < -0.4 is 0 Å². The third-order valence-corrected chi connectivity index (χ3v) is 6.33. The van der Waals surface area contributed by atoms with Crippen LogP contribution in [0.1, 0.15) is 87.8 Å². The lowest BCUT2D eigenvalue weighted by Crippen LogP contribution is -2.36. The Balaban J connectivity index is 0.00000158. The summed E-state index contributed by atoms with van der Waals surface area (Å²) in [5.41, 5.74) is 7.40. The minimum atomic E-state index is -1.19. The second-order valence-corrected chi connectivity index (χ2v) is 9.75. The van der Waals surface area contributed by atoms with E-state index < -0.39 is 17.7 Å². The number of rotatable bonds is 3. The molecule has 1 heterocycles. The van der Waals surface area contributed by atoms with Crippen molar-refractivity contribution >= 4 is 17.1 Å². The molecule has 0 saturated heterocycles. The van der Waals surface area contributed by atoms with Crippen molar-refractivity contribution in [2.24, 2.45) is 0 Å². The number of aliphatic hydroxyl groups is 1. The monoisotopic (exact) mass is 460 g/mol. The molecule has 1 N–H and O–H groups in total. The van der Waals surface area contributed by atoms with E-state index in [2.05, 4.69) is 58.6 Å². The molecular weight excluding hydrogens is 424 g/mol. The van der Waals surface area contributed by atoms with E-state index in [4.69, 9.17) is 9.47 Å². The largest absolute Gasteiger partial charge is 0.480 e. The van der Waals surface area contributed by atoms with Gasteiger partial charge in [-0.05, 0) is 57.9 Å². The third kappa shape index (κ3) is 4.68. The highest BCUT2D eigenvalue weighted by molar-refractivity contribution is 6.17. The van der Waals surface area contributed by atoms with E-state index in [0.717, 1.165) is 16.7 Å². The standard InChI is InChI=1S/C28H30O4.C2H6/c1-16-12-13-27(4,5)23-14-17(2)21(15-22(16)23)18(3)19-8-10-20(11-9-19)24-25(29)31-28(6,7)32-26(24)30;1-2/h8-16,29H,3H2,1-2,4-7H3;1-2H3. The van der Waals surface area contributed by atoms with Gasteiger partial charge >= 0.3 is 5.97 Å². The molecule has 4 nitrogen and oxygen atoms in total. The number of hydrogen-bond acceptors (Lipinski definition) is 4. The van der Waals surface area contributed by atoms with Crippen LogP contribution >= 0.6 is 0 Å². The fraction of sp³-hybridized carbons (Fsp3) is 0.367. The fourth-order valence-corrected chi connectivity index (χ4v) is 4.46. The first-order valence-electron chi connectivity index (χ1n) is 11.9. The highest BCUT2D eigenvalue weighted by atomic mass is 16.8. The summed E-state index contributed by atoms with van der Waals surface area (Å²) in [5.74, 6) is -1.87. The maximum absolute atomic E-state index is 12.4.